The van der Waals surface area contributed by atoms with Crippen LogP contribution in [0.15, 0.2) is 28.9 Å². The number of fused-ring (bicyclic) bond motifs is 1. The Kier molecular flexibility index (Phi) is 1.47. The first-order valence-corrected chi connectivity index (χ1v) is 4.81. The Morgan fingerprint density at radius 1 is 1.43 bits per heavy atom. The van der Waals surface area contributed by atoms with E-state index in [1.807, 2.05) is 18.2 Å². The summed E-state index contributed by atoms with van der Waals surface area (Å²) in [6, 6.07) is 5.93. The molecule has 1 aromatic heterocycles. The normalized spacial score (nSPS) is 18.6. The molecule has 0 amide bonds. The van der Waals surface area contributed by atoms with E-state index >= 15 is 0 Å². The standard InChI is InChI=1S/C11H11NO2/c13-11(3-4-11)6-8-1-2-10-9(5-8)7-12-14-10/h1-2,5,7,13H,3-4,6H2. The fraction of sp³-hybridized carbons (Fsp3) is 0.364. The van der Waals surface area contributed by atoms with Crippen molar-refractivity contribution in [2.45, 2.75) is 24.9 Å². The summed E-state index contributed by atoms with van der Waals surface area (Å²) in [6.07, 6.45) is 4.30. The van der Waals surface area contributed by atoms with Gasteiger partial charge in [-0.05, 0) is 30.5 Å². The molecule has 1 heterocycles. The highest BCUT2D eigenvalue weighted by Crippen LogP contribution is 2.38. The summed E-state index contributed by atoms with van der Waals surface area (Å²) in [5.41, 5.74) is 1.53. The van der Waals surface area contributed by atoms with Gasteiger partial charge in [0.2, 0.25) is 0 Å². The van der Waals surface area contributed by atoms with Gasteiger partial charge in [0.1, 0.15) is 0 Å². The maximum Gasteiger partial charge on any atom is 0.166 e. The highest BCUT2D eigenvalue weighted by Gasteiger charge is 2.40. The van der Waals surface area contributed by atoms with Crippen LogP contribution in [0.4, 0.5) is 0 Å². The van der Waals surface area contributed by atoms with Crippen LogP contribution in [0.3, 0.4) is 0 Å². The van der Waals surface area contributed by atoms with Gasteiger partial charge in [-0.2, -0.15) is 0 Å². The minimum Gasteiger partial charge on any atom is -0.390 e. The monoisotopic (exact) mass is 189 g/mol. The zero-order valence-electron chi connectivity index (χ0n) is 7.73. The molecule has 1 aliphatic carbocycles. The Bertz CT molecular complexity index is 471. The summed E-state index contributed by atoms with van der Waals surface area (Å²) in [7, 11) is 0. The van der Waals surface area contributed by atoms with E-state index in [2.05, 4.69) is 5.16 Å². The van der Waals surface area contributed by atoms with Crippen LogP contribution in [-0.4, -0.2) is 15.9 Å². The van der Waals surface area contributed by atoms with Gasteiger partial charge in [0, 0.05) is 11.8 Å². The summed E-state index contributed by atoms with van der Waals surface area (Å²) < 4.78 is 5.01. The van der Waals surface area contributed by atoms with Crippen LogP contribution in [0.5, 0.6) is 0 Å². The summed E-state index contributed by atoms with van der Waals surface area (Å²) in [5.74, 6) is 0. The molecule has 3 rings (SSSR count). The van der Waals surface area contributed by atoms with E-state index in [9.17, 15) is 5.11 Å². The third-order valence-electron chi connectivity index (χ3n) is 2.78. The van der Waals surface area contributed by atoms with Gasteiger partial charge in [0.25, 0.3) is 0 Å². The molecule has 72 valence electrons. The number of nitrogens with zero attached hydrogens (tertiary/aromatic N) is 1. The molecule has 0 unspecified atom stereocenters. The smallest absolute Gasteiger partial charge is 0.166 e. The molecular weight excluding hydrogens is 178 g/mol. The van der Waals surface area contributed by atoms with Gasteiger partial charge in [-0.25, -0.2) is 0 Å². The molecule has 1 N–H and O–H groups in total. The SMILES string of the molecule is OC1(Cc2ccc3oncc3c2)CC1. The lowest BCUT2D eigenvalue weighted by Gasteiger charge is -2.06. The third kappa shape index (κ3) is 1.30. The molecule has 0 aliphatic heterocycles. The Balaban J connectivity index is 1.97. The highest BCUT2D eigenvalue weighted by atomic mass is 16.5. The van der Waals surface area contributed by atoms with E-state index in [1.165, 1.54) is 0 Å². The average Bonchev–Trinajstić information content (AvgIpc) is 2.73. The molecule has 14 heavy (non-hydrogen) atoms. The Labute approximate surface area is 81.3 Å². The first-order chi connectivity index (χ1) is 6.75. The first-order valence-electron chi connectivity index (χ1n) is 4.81. The van der Waals surface area contributed by atoms with Gasteiger partial charge in [-0.1, -0.05) is 11.2 Å². The van der Waals surface area contributed by atoms with E-state index in [0.29, 0.717) is 0 Å². The van der Waals surface area contributed by atoms with Crippen LogP contribution >= 0.6 is 0 Å². The fourth-order valence-corrected chi connectivity index (χ4v) is 1.73. The second kappa shape index (κ2) is 2.58. The average molecular weight is 189 g/mol. The van der Waals surface area contributed by atoms with E-state index in [0.717, 1.165) is 35.8 Å². The third-order valence-corrected chi connectivity index (χ3v) is 2.78. The Hall–Kier alpha value is -1.35. The molecule has 2 aromatic rings. The largest absolute Gasteiger partial charge is 0.390 e. The maximum atomic E-state index is 9.77. The summed E-state index contributed by atoms with van der Waals surface area (Å²) in [5, 5.41) is 14.5. The molecule has 1 fully saturated rings. The van der Waals surface area contributed by atoms with Crippen LogP contribution < -0.4 is 0 Å². The van der Waals surface area contributed by atoms with Crippen molar-refractivity contribution in [2.75, 3.05) is 0 Å². The number of hydrogen-bond acceptors (Lipinski definition) is 3. The first kappa shape index (κ1) is 8.00. The number of hydrogen-bond donors (Lipinski definition) is 1. The summed E-state index contributed by atoms with van der Waals surface area (Å²) >= 11 is 0. The molecule has 0 saturated heterocycles. The molecular formula is C11H11NO2. The zero-order valence-corrected chi connectivity index (χ0v) is 7.73. The molecule has 0 bridgehead atoms. The lowest BCUT2D eigenvalue weighted by atomic mass is 10.1. The minimum absolute atomic E-state index is 0.426. The molecule has 0 atom stereocenters. The van der Waals surface area contributed by atoms with Gasteiger partial charge < -0.3 is 9.63 Å². The topological polar surface area (TPSA) is 46.3 Å². The zero-order chi connectivity index (χ0) is 9.60. The van der Waals surface area contributed by atoms with E-state index in [-0.39, 0.29) is 0 Å². The second-order valence-electron chi connectivity index (χ2n) is 4.10. The molecule has 0 radical (unpaired) electrons. The van der Waals surface area contributed by atoms with E-state index in [1.54, 1.807) is 6.20 Å². The molecule has 1 saturated carbocycles. The predicted octanol–water partition coefficient (Wildman–Crippen LogP) is 1.90. The number of aliphatic hydroxyl groups is 1. The second-order valence-corrected chi connectivity index (χ2v) is 4.10. The van der Waals surface area contributed by atoms with Gasteiger partial charge >= 0.3 is 0 Å². The predicted molar refractivity (Wildman–Crippen MR) is 51.9 cm³/mol. The molecule has 0 spiro atoms. The molecule has 3 heteroatoms. The van der Waals surface area contributed by atoms with Crippen LogP contribution in [0.2, 0.25) is 0 Å². The van der Waals surface area contributed by atoms with E-state index < -0.39 is 5.60 Å². The lowest BCUT2D eigenvalue weighted by molar-refractivity contribution is 0.151. The maximum absolute atomic E-state index is 9.77. The van der Waals surface area contributed by atoms with Gasteiger partial charge in [0.05, 0.1) is 11.8 Å². The van der Waals surface area contributed by atoms with Crippen molar-refractivity contribution >= 4 is 11.0 Å². The van der Waals surface area contributed by atoms with Crippen LogP contribution in [0, 0.1) is 0 Å². The summed E-state index contributed by atoms with van der Waals surface area (Å²) in [4.78, 5) is 0. The van der Waals surface area contributed by atoms with Crippen LogP contribution in [0.1, 0.15) is 18.4 Å². The Morgan fingerprint density at radius 2 is 2.29 bits per heavy atom. The molecule has 1 aromatic carbocycles. The Morgan fingerprint density at radius 3 is 3.07 bits per heavy atom. The summed E-state index contributed by atoms with van der Waals surface area (Å²) in [6.45, 7) is 0. The van der Waals surface area contributed by atoms with Gasteiger partial charge in [-0.3, -0.25) is 0 Å². The molecule has 3 nitrogen and oxygen atoms in total. The molecule has 1 aliphatic rings. The van der Waals surface area contributed by atoms with Gasteiger partial charge in [-0.15, -0.1) is 0 Å². The van der Waals surface area contributed by atoms with Crippen LogP contribution in [-0.2, 0) is 6.42 Å². The van der Waals surface area contributed by atoms with Crippen LogP contribution in [0.25, 0.3) is 11.0 Å². The van der Waals surface area contributed by atoms with Crippen molar-refractivity contribution in [3.8, 4) is 0 Å². The number of aromatic nitrogens is 1. The lowest BCUT2D eigenvalue weighted by Crippen LogP contribution is -2.10. The van der Waals surface area contributed by atoms with Crippen molar-refractivity contribution < 1.29 is 9.63 Å². The van der Waals surface area contributed by atoms with E-state index in [4.69, 9.17) is 4.52 Å². The van der Waals surface area contributed by atoms with Crippen molar-refractivity contribution in [1.29, 1.82) is 0 Å². The van der Waals surface area contributed by atoms with Crippen molar-refractivity contribution in [2.24, 2.45) is 0 Å². The quantitative estimate of drug-likeness (QED) is 0.784. The fourth-order valence-electron chi connectivity index (χ4n) is 1.73. The van der Waals surface area contributed by atoms with Crippen molar-refractivity contribution in [3.05, 3.63) is 30.0 Å². The highest BCUT2D eigenvalue weighted by molar-refractivity contribution is 5.76. The number of benzene rings is 1. The van der Waals surface area contributed by atoms with Gasteiger partial charge in [0.15, 0.2) is 5.58 Å². The minimum atomic E-state index is -0.426. The van der Waals surface area contributed by atoms with Crippen molar-refractivity contribution in [3.63, 3.8) is 0 Å². The van der Waals surface area contributed by atoms with Crippen molar-refractivity contribution in [1.82, 2.24) is 5.16 Å². The number of rotatable bonds is 2.